The van der Waals surface area contributed by atoms with E-state index in [0.29, 0.717) is 0 Å². The quantitative estimate of drug-likeness (QED) is 0.695. The van der Waals surface area contributed by atoms with E-state index >= 15 is 0 Å². The lowest BCUT2D eigenvalue weighted by molar-refractivity contribution is 0.476. The first-order valence-corrected chi connectivity index (χ1v) is 6.42. The first-order chi connectivity index (χ1) is 8.63. The second-order valence-corrected chi connectivity index (χ2v) is 5.17. The van der Waals surface area contributed by atoms with Crippen LogP contribution in [0.4, 0.5) is 0 Å². The van der Waals surface area contributed by atoms with Crippen molar-refractivity contribution in [1.82, 2.24) is 0 Å². The molecule has 0 aliphatic rings. The van der Waals surface area contributed by atoms with Crippen LogP contribution in [-0.2, 0) is 0 Å². The lowest BCUT2D eigenvalue weighted by atomic mass is 10.1. The van der Waals surface area contributed by atoms with Gasteiger partial charge in [-0.3, -0.25) is 0 Å². The Hall–Kier alpha value is -1.74. The summed E-state index contributed by atoms with van der Waals surface area (Å²) < 4.78 is 6.79. The summed E-state index contributed by atoms with van der Waals surface area (Å²) in [5.74, 6) is 1.04. The number of furan rings is 1. The summed E-state index contributed by atoms with van der Waals surface area (Å²) in [5, 5.41) is 10.4. The molecular weight excluding hydrogens is 292 g/mol. The number of phenolic OH excluding ortho intramolecular Hbond substituents is 1. The van der Waals surface area contributed by atoms with Gasteiger partial charge in [0.15, 0.2) is 0 Å². The molecule has 3 aromatic rings. The van der Waals surface area contributed by atoms with Crippen LogP contribution in [-0.4, -0.2) is 5.11 Å². The van der Waals surface area contributed by atoms with Gasteiger partial charge < -0.3 is 9.52 Å². The van der Waals surface area contributed by atoms with Crippen molar-refractivity contribution in [1.29, 1.82) is 0 Å². The molecule has 2 nitrogen and oxygen atoms in total. The van der Waals surface area contributed by atoms with Crippen LogP contribution in [0.1, 0.15) is 5.56 Å². The standard InChI is InChI=1S/C15H11BrO2/c1-9-2-4-12(13(16)6-9)15-8-10-7-11(17)3-5-14(10)18-15/h2-8,17H,1H3. The smallest absolute Gasteiger partial charge is 0.136 e. The highest BCUT2D eigenvalue weighted by atomic mass is 79.9. The zero-order chi connectivity index (χ0) is 12.7. The van der Waals surface area contributed by atoms with E-state index in [-0.39, 0.29) is 5.75 Å². The summed E-state index contributed by atoms with van der Waals surface area (Å²) in [7, 11) is 0. The average Bonchev–Trinajstić information content (AvgIpc) is 2.71. The third-order valence-corrected chi connectivity index (χ3v) is 3.55. The number of aryl methyl sites for hydroxylation is 1. The molecule has 0 saturated heterocycles. The Morgan fingerprint density at radius 3 is 2.67 bits per heavy atom. The fourth-order valence-electron chi connectivity index (χ4n) is 1.98. The normalized spacial score (nSPS) is 11.0. The van der Waals surface area contributed by atoms with Crippen molar-refractivity contribution in [3.05, 3.63) is 52.5 Å². The molecule has 0 unspecified atom stereocenters. The van der Waals surface area contributed by atoms with E-state index in [1.807, 2.05) is 25.1 Å². The van der Waals surface area contributed by atoms with Crippen molar-refractivity contribution >= 4 is 26.9 Å². The highest BCUT2D eigenvalue weighted by Gasteiger charge is 2.09. The van der Waals surface area contributed by atoms with Crippen molar-refractivity contribution in [2.24, 2.45) is 0 Å². The molecule has 90 valence electrons. The molecule has 0 aliphatic heterocycles. The Balaban J connectivity index is 2.19. The molecule has 18 heavy (non-hydrogen) atoms. The second kappa shape index (κ2) is 4.18. The number of hydrogen-bond donors (Lipinski definition) is 1. The van der Waals surface area contributed by atoms with Gasteiger partial charge in [0.25, 0.3) is 0 Å². The van der Waals surface area contributed by atoms with E-state index in [1.165, 1.54) is 5.56 Å². The zero-order valence-corrected chi connectivity index (χ0v) is 11.4. The number of rotatable bonds is 1. The van der Waals surface area contributed by atoms with Crippen LogP contribution in [0, 0.1) is 6.92 Å². The van der Waals surface area contributed by atoms with Crippen LogP contribution >= 0.6 is 15.9 Å². The van der Waals surface area contributed by atoms with Crippen LogP contribution in [0.25, 0.3) is 22.3 Å². The minimum absolute atomic E-state index is 0.248. The van der Waals surface area contributed by atoms with Crippen molar-refractivity contribution in [2.45, 2.75) is 6.92 Å². The number of fused-ring (bicyclic) bond motifs is 1. The van der Waals surface area contributed by atoms with Gasteiger partial charge in [0, 0.05) is 15.4 Å². The highest BCUT2D eigenvalue weighted by molar-refractivity contribution is 9.10. The van der Waals surface area contributed by atoms with Crippen LogP contribution in [0.2, 0.25) is 0 Å². The lowest BCUT2D eigenvalue weighted by Crippen LogP contribution is -1.78. The number of phenols is 1. The van der Waals surface area contributed by atoms with Gasteiger partial charge in [-0.25, -0.2) is 0 Å². The molecule has 1 aromatic heterocycles. The molecule has 1 N–H and O–H groups in total. The molecule has 1 heterocycles. The van der Waals surface area contributed by atoms with E-state index in [0.717, 1.165) is 26.8 Å². The first kappa shape index (κ1) is 11.4. The topological polar surface area (TPSA) is 33.4 Å². The fraction of sp³-hybridized carbons (Fsp3) is 0.0667. The summed E-state index contributed by atoms with van der Waals surface area (Å²) >= 11 is 3.55. The molecule has 0 saturated carbocycles. The van der Waals surface area contributed by atoms with Crippen LogP contribution in [0.5, 0.6) is 5.75 Å². The molecule has 0 spiro atoms. The number of halogens is 1. The van der Waals surface area contributed by atoms with Crippen molar-refractivity contribution in [3.8, 4) is 17.1 Å². The van der Waals surface area contributed by atoms with Crippen molar-refractivity contribution in [3.63, 3.8) is 0 Å². The van der Waals surface area contributed by atoms with E-state index in [9.17, 15) is 5.11 Å². The maximum absolute atomic E-state index is 9.45. The maximum atomic E-state index is 9.45. The van der Waals surface area contributed by atoms with Crippen LogP contribution in [0.3, 0.4) is 0 Å². The third-order valence-electron chi connectivity index (χ3n) is 2.89. The SMILES string of the molecule is Cc1ccc(-c2cc3cc(O)ccc3o2)c(Br)c1. The molecule has 0 aliphatic carbocycles. The van der Waals surface area contributed by atoms with Gasteiger partial charge in [-0.2, -0.15) is 0 Å². The Kier molecular flexibility index (Phi) is 2.63. The third kappa shape index (κ3) is 1.91. The summed E-state index contributed by atoms with van der Waals surface area (Å²) in [6, 6.07) is 13.2. The molecule has 0 atom stereocenters. The Bertz CT molecular complexity index is 728. The molecule has 0 amide bonds. The van der Waals surface area contributed by atoms with E-state index in [1.54, 1.807) is 18.2 Å². The summed E-state index contributed by atoms with van der Waals surface area (Å²) in [6.45, 7) is 2.05. The predicted molar refractivity (Wildman–Crippen MR) is 75.8 cm³/mol. The monoisotopic (exact) mass is 302 g/mol. The average molecular weight is 303 g/mol. The second-order valence-electron chi connectivity index (χ2n) is 4.32. The van der Waals surface area contributed by atoms with Crippen molar-refractivity contribution < 1.29 is 9.52 Å². The highest BCUT2D eigenvalue weighted by Crippen LogP contribution is 2.34. The summed E-state index contributed by atoms with van der Waals surface area (Å²) in [4.78, 5) is 0. The van der Waals surface area contributed by atoms with E-state index in [4.69, 9.17) is 4.42 Å². The van der Waals surface area contributed by atoms with Gasteiger partial charge >= 0.3 is 0 Å². The zero-order valence-electron chi connectivity index (χ0n) is 9.77. The number of aromatic hydroxyl groups is 1. The summed E-state index contributed by atoms with van der Waals surface area (Å²) in [5.41, 5.74) is 2.98. The van der Waals surface area contributed by atoms with Crippen LogP contribution in [0.15, 0.2) is 51.4 Å². The van der Waals surface area contributed by atoms with Gasteiger partial charge in [0.2, 0.25) is 0 Å². The van der Waals surface area contributed by atoms with Crippen molar-refractivity contribution in [2.75, 3.05) is 0 Å². The lowest BCUT2D eigenvalue weighted by Gasteiger charge is -2.01. The minimum Gasteiger partial charge on any atom is -0.508 e. The first-order valence-electron chi connectivity index (χ1n) is 5.62. The minimum atomic E-state index is 0.248. The predicted octanol–water partition coefficient (Wildman–Crippen LogP) is 4.88. The molecule has 3 rings (SSSR count). The Labute approximate surface area is 113 Å². The molecule has 3 heteroatoms. The summed E-state index contributed by atoms with van der Waals surface area (Å²) in [6.07, 6.45) is 0. The van der Waals surface area contributed by atoms with Gasteiger partial charge in [-0.15, -0.1) is 0 Å². The van der Waals surface area contributed by atoms with Gasteiger partial charge in [-0.1, -0.05) is 22.0 Å². The van der Waals surface area contributed by atoms with Gasteiger partial charge in [0.1, 0.15) is 17.1 Å². The molecule has 0 radical (unpaired) electrons. The molecule has 0 fully saturated rings. The van der Waals surface area contributed by atoms with E-state index in [2.05, 4.69) is 22.0 Å². The molecule has 0 bridgehead atoms. The Morgan fingerprint density at radius 1 is 1.06 bits per heavy atom. The molecular formula is C15H11BrO2. The molecule has 2 aromatic carbocycles. The number of benzene rings is 2. The Morgan fingerprint density at radius 2 is 1.89 bits per heavy atom. The van der Waals surface area contributed by atoms with Gasteiger partial charge in [-0.05, 0) is 48.9 Å². The van der Waals surface area contributed by atoms with E-state index < -0.39 is 0 Å². The fourth-order valence-corrected chi connectivity index (χ4v) is 2.67. The van der Waals surface area contributed by atoms with Gasteiger partial charge in [0.05, 0.1) is 0 Å². The number of hydrogen-bond acceptors (Lipinski definition) is 2. The van der Waals surface area contributed by atoms with Crippen LogP contribution < -0.4 is 0 Å². The maximum Gasteiger partial charge on any atom is 0.136 e. The largest absolute Gasteiger partial charge is 0.508 e.